The lowest BCUT2D eigenvalue weighted by Gasteiger charge is -2.36. The smallest absolute Gasteiger partial charge is 0.250 e. The van der Waals surface area contributed by atoms with Crippen molar-refractivity contribution >= 4 is 19.7 Å². The molecule has 0 unspecified atom stereocenters. The first kappa shape index (κ1) is 21.4. The summed E-state index contributed by atoms with van der Waals surface area (Å²) in [7, 11) is -1.83. The number of rotatable bonds is 8. The monoisotopic (exact) mass is 391 g/mol. The van der Waals surface area contributed by atoms with Gasteiger partial charge < -0.3 is 9.74 Å². The van der Waals surface area contributed by atoms with E-state index in [1.165, 1.54) is 0 Å². The van der Waals surface area contributed by atoms with E-state index < -0.39 is 14.7 Å². The van der Waals surface area contributed by atoms with Crippen LogP contribution in [0.15, 0.2) is 48.5 Å². The molecule has 2 aromatic rings. The molecule has 0 bridgehead atoms. The highest BCUT2D eigenvalue weighted by Gasteiger charge is 2.38. The second kappa shape index (κ2) is 8.87. The summed E-state index contributed by atoms with van der Waals surface area (Å²) in [6, 6.07) is 16.0. The molecule has 5 heteroatoms. The Kier molecular flexibility index (Phi) is 7.04. The van der Waals surface area contributed by atoms with Crippen LogP contribution in [0.1, 0.15) is 39.2 Å². The summed E-state index contributed by atoms with van der Waals surface area (Å²) >= 11 is 0. The molecular formula is C22H31F2NOSi. The van der Waals surface area contributed by atoms with Gasteiger partial charge in [0.15, 0.2) is 0 Å². The maximum absolute atomic E-state index is 12.2. The fourth-order valence-electron chi connectivity index (χ4n) is 2.44. The highest BCUT2D eigenvalue weighted by molar-refractivity contribution is 6.74. The van der Waals surface area contributed by atoms with E-state index in [2.05, 4.69) is 39.2 Å². The zero-order valence-corrected chi connectivity index (χ0v) is 18.0. The molecule has 0 saturated carbocycles. The fourth-order valence-corrected chi connectivity index (χ4v) is 3.47. The highest BCUT2D eigenvalue weighted by Crippen LogP contribution is 2.37. The molecule has 2 nitrogen and oxygen atoms in total. The number of anilines is 2. The van der Waals surface area contributed by atoms with Gasteiger partial charge in [-0.3, -0.25) is 0 Å². The van der Waals surface area contributed by atoms with E-state index in [0.29, 0.717) is 12.8 Å². The Morgan fingerprint density at radius 1 is 0.926 bits per heavy atom. The van der Waals surface area contributed by atoms with Gasteiger partial charge in [0.2, 0.25) is 14.7 Å². The van der Waals surface area contributed by atoms with Crippen LogP contribution in [0.4, 0.5) is 20.2 Å². The molecule has 0 heterocycles. The Labute approximate surface area is 163 Å². The van der Waals surface area contributed by atoms with Gasteiger partial charge in [-0.25, -0.2) is 8.78 Å². The first-order valence-corrected chi connectivity index (χ1v) is 12.4. The molecule has 0 aliphatic rings. The Balaban J connectivity index is 1.92. The van der Waals surface area contributed by atoms with Crippen LogP contribution < -0.4 is 9.74 Å². The summed E-state index contributed by atoms with van der Waals surface area (Å²) in [5, 5.41) is 3.53. The molecule has 0 atom stereocenters. The molecule has 0 aromatic heterocycles. The summed E-state index contributed by atoms with van der Waals surface area (Å²) < 4.78 is 30.7. The number of halogens is 2. The minimum absolute atomic E-state index is 0.0384. The molecule has 148 valence electrons. The lowest BCUT2D eigenvalue weighted by molar-refractivity contribution is 0.135. The maximum Gasteiger partial charge on any atom is 0.250 e. The van der Waals surface area contributed by atoms with Crippen LogP contribution in [0.2, 0.25) is 18.1 Å². The lowest BCUT2D eigenvalue weighted by atomic mass is 10.1. The van der Waals surface area contributed by atoms with E-state index in [9.17, 15) is 8.78 Å². The Bertz CT molecular complexity index is 707. The predicted octanol–water partition coefficient (Wildman–Crippen LogP) is 7.40. The van der Waals surface area contributed by atoms with Gasteiger partial charge in [-0.05, 0) is 72.9 Å². The molecule has 0 aliphatic heterocycles. The summed E-state index contributed by atoms with van der Waals surface area (Å²) in [5.74, 6) is 0.904. The van der Waals surface area contributed by atoms with Crippen molar-refractivity contribution in [3.05, 3.63) is 54.1 Å². The molecule has 0 saturated heterocycles. The number of aryl methyl sites for hydroxylation is 1. The van der Waals surface area contributed by atoms with Crippen LogP contribution in [-0.4, -0.2) is 14.7 Å². The molecule has 1 N–H and O–H groups in total. The van der Waals surface area contributed by atoms with Crippen molar-refractivity contribution in [3.63, 3.8) is 0 Å². The lowest BCUT2D eigenvalue weighted by Crippen LogP contribution is -2.43. The van der Waals surface area contributed by atoms with Gasteiger partial charge in [-0.2, -0.15) is 0 Å². The molecule has 0 aliphatic carbocycles. The molecule has 0 spiro atoms. The first-order chi connectivity index (χ1) is 12.6. The largest absolute Gasteiger partial charge is 0.544 e. The number of alkyl halides is 2. The van der Waals surface area contributed by atoms with Crippen molar-refractivity contribution in [2.24, 2.45) is 0 Å². The Morgan fingerprint density at radius 2 is 1.44 bits per heavy atom. The van der Waals surface area contributed by atoms with Crippen LogP contribution in [-0.2, 0) is 6.42 Å². The van der Waals surface area contributed by atoms with E-state index in [1.807, 2.05) is 48.5 Å². The summed E-state index contributed by atoms with van der Waals surface area (Å²) in [5.41, 5.74) is 3.05. The van der Waals surface area contributed by atoms with Crippen molar-refractivity contribution in [2.75, 3.05) is 5.32 Å². The zero-order valence-electron chi connectivity index (χ0n) is 17.0. The van der Waals surface area contributed by atoms with Crippen molar-refractivity contribution < 1.29 is 13.2 Å². The molecule has 2 aromatic carbocycles. The number of hydrogen-bond donors (Lipinski definition) is 1. The summed E-state index contributed by atoms with van der Waals surface area (Å²) in [4.78, 5) is 0. The molecule has 0 radical (unpaired) electrons. The van der Waals surface area contributed by atoms with Crippen LogP contribution in [0.25, 0.3) is 0 Å². The molecule has 0 fully saturated rings. The third-order valence-electron chi connectivity index (χ3n) is 5.16. The first-order valence-electron chi connectivity index (χ1n) is 9.50. The molecule has 2 rings (SSSR count). The number of benzene rings is 2. The fraction of sp³-hybridized carbons (Fsp3) is 0.455. The van der Waals surface area contributed by atoms with Gasteiger partial charge in [0, 0.05) is 17.8 Å². The minimum Gasteiger partial charge on any atom is -0.544 e. The Morgan fingerprint density at radius 3 is 1.93 bits per heavy atom. The van der Waals surface area contributed by atoms with E-state index in [1.54, 1.807) is 0 Å². The van der Waals surface area contributed by atoms with Crippen LogP contribution in [0.3, 0.4) is 0 Å². The van der Waals surface area contributed by atoms with Crippen LogP contribution in [0, 0.1) is 0 Å². The summed E-state index contributed by atoms with van der Waals surface area (Å²) in [6.45, 7) is 11.2. The summed E-state index contributed by atoms with van der Waals surface area (Å²) in [6.07, 6.45) is -1.05. The van der Waals surface area contributed by atoms with Gasteiger partial charge in [0.25, 0.3) is 0 Å². The maximum atomic E-state index is 12.2. The van der Waals surface area contributed by atoms with Gasteiger partial charge in [-0.15, -0.1) is 0 Å². The van der Waals surface area contributed by atoms with Gasteiger partial charge >= 0.3 is 0 Å². The quantitative estimate of drug-likeness (QED) is 0.473. The van der Waals surface area contributed by atoms with Crippen molar-refractivity contribution in [3.8, 4) is 5.75 Å². The normalized spacial score (nSPS) is 12.3. The van der Waals surface area contributed by atoms with Crippen molar-refractivity contribution in [1.29, 1.82) is 0 Å². The minimum atomic E-state index is -2.21. The molecule has 0 amide bonds. The zero-order chi connectivity index (χ0) is 20.1. The number of nitrogens with one attached hydrogen (secondary N) is 1. The third-order valence-corrected chi connectivity index (χ3v) is 9.52. The Hall–Kier alpha value is -1.88. The van der Waals surface area contributed by atoms with Crippen LogP contribution >= 0.6 is 0 Å². The highest BCUT2D eigenvalue weighted by atomic mass is 28.4. The molecule has 27 heavy (non-hydrogen) atoms. The second-order valence-electron chi connectivity index (χ2n) is 8.49. The average Bonchev–Trinajstić information content (AvgIpc) is 2.57. The van der Waals surface area contributed by atoms with E-state index in [0.717, 1.165) is 22.7 Å². The van der Waals surface area contributed by atoms with Crippen LogP contribution in [0.5, 0.6) is 5.75 Å². The van der Waals surface area contributed by atoms with Gasteiger partial charge in [0.1, 0.15) is 5.75 Å². The SMILES string of the molecule is CC(C)(C)[Si](C)(C)Oc1ccc(Nc2ccc(CCCC(F)F)cc2)cc1. The van der Waals surface area contributed by atoms with Gasteiger partial charge in [-0.1, -0.05) is 32.9 Å². The van der Waals surface area contributed by atoms with E-state index >= 15 is 0 Å². The van der Waals surface area contributed by atoms with Crippen molar-refractivity contribution in [2.45, 2.75) is 64.6 Å². The molecular weight excluding hydrogens is 360 g/mol. The van der Waals surface area contributed by atoms with Gasteiger partial charge in [0.05, 0.1) is 0 Å². The van der Waals surface area contributed by atoms with Crippen molar-refractivity contribution in [1.82, 2.24) is 0 Å². The second-order valence-corrected chi connectivity index (χ2v) is 13.2. The van der Waals surface area contributed by atoms with E-state index in [-0.39, 0.29) is 11.5 Å². The third kappa shape index (κ3) is 6.65. The topological polar surface area (TPSA) is 21.3 Å². The average molecular weight is 392 g/mol. The predicted molar refractivity (Wildman–Crippen MR) is 113 cm³/mol. The number of hydrogen-bond acceptors (Lipinski definition) is 2. The standard InChI is InChI=1S/C22H31F2NOSi/c1-22(2,3)27(4,5)26-20-15-13-19(14-16-20)25-18-11-9-17(10-12-18)7-6-8-21(23)24/h9-16,21,25H,6-8H2,1-5H3. The van der Waals surface area contributed by atoms with E-state index in [4.69, 9.17) is 4.43 Å².